The first kappa shape index (κ1) is 13.4. The van der Waals surface area contributed by atoms with Gasteiger partial charge in [0.25, 0.3) is 5.91 Å². The summed E-state index contributed by atoms with van der Waals surface area (Å²) in [6.07, 6.45) is 0. The molecule has 1 saturated heterocycles. The molecule has 1 aromatic rings. The van der Waals surface area contributed by atoms with Crippen molar-refractivity contribution in [3.8, 4) is 5.75 Å². The van der Waals surface area contributed by atoms with Crippen LogP contribution >= 0.6 is 15.9 Å². The Hall–Kier alpha value is -1.07. The minimum absolute atomic E-state index is 0.0207. The molecule has 1 heterocycles. The van der Waals surface area contributed by atoms with Crippen molar-refractivity contribution in [2.75, 3.05) is 13.1 Å². The molecular weight excluding hydrogens is 296 g/mol. The van der Waals surface area contributed by atoms with E-state index in [1.165, 1.54) is 0 Å². The molecule has 0 aliphatic carbocycles. The average molecular weight is 313 g/mol. The van der Waals surface area contributed by atoms with Gasteiger partial charge in [-0.25, -0.2) is 0 Å². The number of phenols is 1. The van der Waals surface area contributed by atoms with Crippen molar-refractivity contribution in [1.82, 2.24) is 10.2 Å². The standard InChI is InChI=1S/C13H17BrN2O2/c1-8-6-15-7-9(2)16(8)13(18)11-4-3-10(14)5-12(11)17/h3-5,8-9,15,17H,6-7H2,1-2H3. The Labute approximate surface area is 115 Å². The van der Waals surface area contributed by atoms with E-state index in [0.29, 0.717) is 5.56 Å². The SMILES string of the molecule is CC1CNCC(C)N1C(=O)c1ccc(Br)cc1O. The van der Waals surface area contributed by atoms with Crippen LogP contribution in [0.25, 0.3) is 0 Å². The van der Waals surface area contributed by atoms with Crippen molar-refractivity contribution < 1.29 is 9.90 Å². The Morgan fingerprint density at radius 1 is 1.39 bits per heavy atom. The zero-order valence-corrected chi connectivity index (χ0v) is 12.1. The van der Waals surface area contributed by atoms with E-state index >= 15 is 0 Å². The lowest BCUT2D eigenvalue weighted by atomic mass is 10.1. The second kappa shape index (κ2) is 5.28. The number of hydrogen-bond donors (Lipinski definition) is 2. The van der Waals surface area contributed by atoms with Crippen LogP contribution in [0.15, 0.2) is 22.7 Å². The molecule has 4 nitrogen and oxygen atoms in total. The van der Waals surface area contributed by atoms with Crippen LogP contribution in [0.3, 0.4) is 0 Å². The lowest BCUT2D eigenvalue weighted by Gasteiger charge is -2.39. The summed E-state index contributed by atoms with van der Waals surface area (Å²) in [4.78, 5) is 14.3. The molecular formula is C13H17BrN2O2. The number of amides is 1. The summed E-state index contributed by atoms with van der Waals surface area (Å²) in [7, 11) is 0. The molecule has 1 aliphatic rings. The van der Waals surface area contributed by atoms with E-state index in [9.17, 15) is 9.90 Å². The number of nitrogens with zero attached hydrogens (tertiary/aromatic N) is 1. The van der Waals surface area contributed by atoms with Gasteiger partial charge in [0.15, 0.2) is 0 Å². The van der Waals surface area contributed by atoms with Crippen LogP contribution in [-0.4, -0.2) is 41.1 Å². The van der Waals surface area contributed by atoms with Gasteiger partial charge in [0.1, 0.15) is 5.75 Å². The maximum Gasteiger partial charge on any atom is 0.258 e. The first-order valence-corrected chi connectivity index (χ1v) is 6.82. The van der Waals surface area contributed by atoms with Crippen molar-refractivity contribution in [1.29, 1.82) is 0 Å². The van der Waals surface area contributed by atoms with Gasteiger partial charge in [-0.3, -0.25) is 4.79 Å². The fourth-order valence-electron chi connectivity index (χ4n) is 2.36. The van der Waals surface area contributed by atoms with Gasteiger partial charge >= 0.3 is 0 Å². The Morgan fingerprint density at radius 2 is 2.00 bits per heavy atom. The molecule has 2 unspecified atom stereocenters. The van der Waals surface area contributed by atoms with Gasteiger partial charge in [-0.1, -0.05) is 15.9 Å². The molecule has 2 atom stereocenters. The van der Waals surface area contributed by atoms with Crippen LogP contribution < -0.4 is 5.32 Å². The van der Waals surface area contributed by atoms with Crippen LogP contribution in [0.5, 0.6) is 5.75 Å². The lowest BCUT2D eigenvalue weighted by Crippen LogP contribution is -2.57. The number of nitrogens with one attached hydrogen (secondary N) is 1. The molecule has 18 heavy (non-hydrogen) atoms. The highest BCUT2D eigenvalue weighted by molar-refractivity contribution is 9.10. The van der Waals surface area contributed by atoms with Crippen LogP contribution in [0, 0.1) is 0 Å². The number of aromatic hydroxyl groups is 1. The third kappa shape index (κ3) is 2.52. The van der Waals surface area contributed by atoms with Crippen molar-refractivity contribution in [3.05, 3.63) is 28.2 Å². The molecule has 0 saturated carbocycles. The maximum atomic E-state index is 12.5. The summed E-state index contributed by atoms with van der Waals surface area (Å²) in [5.41, 5.74) is 0.360. The summed E-state index contributed by atoms with van der Waals surface area (Å²) in [6.45, 7) is 5.59. The number of hydrogen-bond acceptors (Lipinski definition) is 3. The summed E-state index contributed by atoms with van der Waals surface area (Å²) < 4.78 is 0.762. The second-order valence-electron chi connectivity index (χ2n) is 4.73. The van der Waals surface area contributed by atoms with Gasteiger partial charge in [0.05, 0.1) is 5.56 Å². The monoisotopic (exact) mass is 312 g/mol. The van der Waals surface area contributed by atoms with Gasteiger partial charge in [0.2, 0.25) is 0 Å². The summed E-state index contributed by atoms with van der Waals surface area (Å²) in [5, 5.41) is 13.2. The van der Waals surface area contributed by atoms with E-state index < -0.39 is 0 Å². The third-order valence-corrected chi connectivity index (χ3v) is 3.75. The topological polar surface area (TPSA) is 52.6 Å². The number of benzene rings is 1. The second-order valence-corrected chi connectivity index (χ2v) is 5.65. The zero-order chi connectivity index (χ0) is 13.3. The maximum absolute atomic E-state index is 12.5. The van der Waals surface area contributed by atoms with Gasteiger partial charge in [0, 0.05) is 29.6 Å². The van der Waals surface area contributed by atoms with Crippen molar-refractivity contribution in [2.24, 2.45) is 0 Å². The first-order valence-electron chi connectivity index (χ1n) is 6.02. The van der Waals surface area contributed by atoms with Crippen molar-refractivity contribution in [2.45, 2.75) is 25.9 Å². The Kier molecular flexibility index (Phi) is 3.92. The highest BCUT2D eigenvalue weighted by Gasteiger charge is 2.30. The van der Waals surface area contributed by atoms with Gasteiger partial charge in [-0.15, -0.1) is 0 Å². The quantitative estimate of drug-likeness (QED) is 0.833. The van der Waals surface area contributed by atoms with E-state index in [2.05, 4.69) is 21.2 Å². The fourth-order valence-corrected chi connectivity index (χ4v) is 2.71. The third-order valence-electron chi connectivity index (χ3n) is 3.25. The predicted molar refractivity (Wildman–Crippen MR) is 73.8 cm³/mol. The minimum atomic E-state index is -0.110. The highest BCUT2D eigenvalue weighted by Crippen LogP contribution is 2.25. The normalized spacial score (nSPS) is 24.1. The number of carbonyl (C=O) groups excluding carboxylic acids is 1. The largest absolute Gasteiger partial charge is 0.507 e. The Balaban J connectivity index is 2.29. The van der Waals surface area contributed by atoms with Gasteiger partial charge in [-0.2, -0.15) is 0 Å². The molecule has 1 aliphatic heterocycles. The van der Waals surface area contributed by atoms with Crippen LogP contribution in [-0.2, 0) is 0 Å². The lowest BCUT2D eigenvalue weighted by molar-refractivity contribution is 0.0541. The number of halogens is 1. The average Bonchev–Trinajstić information content (AvgIpc) is 2.28. The molecule has 2 rings (SSSR count). The Morgan fingerprint density at radius 3 is 2.56 bits per heavy atom. The van der Waals surface area contributed by atoms with E-state index in [4.69, 9.17) is 0 Å². The molecule has 98 valence electrons. The number of phenolic OH excluding ortho intramolecular Hbond substituents is 1. The van der Waals surface area contributed by atoms with E-state index in [0.717, 1.165) is 17.6 Å². The highest BCUT2D eigenvalue weighted by atomic mass is 79.9. The van der Waals surface area contributed by atoms with Gasteiger partial charge in [-0.05, 0) is 32.0 Å². The van der Waals surface area contributed by atoms with E-state index in [1.807, 2.05) is 18.7 Å². The molecule has 1 aromatic carbocycles. The van der Waals surface area contributed by atoms with Gasteiger partial charge < -0.3 is 15.3 Å². The summed E-state index contributed by atoms with van der Waals surface area (Å²) >= 11 is 3.27. The first-order chi connectivity index (χ1) is 8.50. The van der Waals surface area contributed by atoms with E-state index in [-0.39, 0.29) is 23.7 Å². The number of piperazine rings is 1. The predicted octanol–water partition coefficient (Wildman–Crippen LogP) is 1.98. The molecule has 1 fully saturated rings. The molecule has 2 N–H and O–H groups in total. The summed E-state index contributed by atoms with van der Waals surface area (Å²) in [5.74, 6) is -0.0891. The Bertz CT molecular complexity index is 454. The van der Waals surface area contributed by atoms with Crippen LogP contribution in [0.4, 0.5) is 0 Å². The van der Waals surface area contributed by atoms with Crippen LogP contribution in [0.2, 0.25) is 0 Å². The fraction of sp³-hybridized carbons (Fsp3) is 0.462. The molecule has 0 aromatic heterocycles. The zero-order valence-electron chi connectivity index (χ0n) is 10.5. The molecule has 0 bridgehead atoms. The van der Waals surface area contributed by atoms with Crippen LogP contribution in [0.1, 0.15) is 24.2 Å². The molecule has 1 amide bonds. The summed E-state index contributed by atoms with van der Waals surface area (Å²) in [6, 6.07) is 5.23. The number of carbonyl (C=O) groups is 1. The smallest absolute Gasteiger partial charge is 0.258 e. The number of rotatable bonds is 1. The molecule has 0 spiro atoms. The minimum Gasteiger partial charge on any atom is -0.507 e. The molecule has 0 radical (unpaired) electrons. The van der Waals surface area contributed by atoms with Crippen molar-refractivity contribution >= 4 is 21.8 Å². The van der Waals surface area contributed by atoms with E-state index in [1.54, 1.807) is 18.2 Å². The molecule has 5 heteroatoms. The van der Waals surface area contributed by atoms with Crippen molar-refractivity contribution in [3.63, 3.8) is 0 Å².